The molecule has 1 unspecified atom stereocenters. The summed E-state index contributed by atoms with van der Waals surface area (Å²) in [5.41, 5.74) is 0. The van der Waals surface area contributed by atoms with Crippen molar-refractivity contribution in [1.82, 2.24) is 0 Å². The molecule has 0 bridgehead atoms. The van der Waals surface area contributed by atoms with Gasteiger partial charge in [0.1, 0.15) is 0 Å². The van der Waals surface area contributed by atoms with Crippen LogP contribution in [0.15, 0.2) is 34.1 Å². The minimum atomic E-state index is -3.25. The zero-order chi connectivity index (χ0) is 15.2. The maximum absolute atomic E-state index is 12.2. The molecular weight excluding hydrogens is 296 g/mol. The smallest absolute Gasteiger partial charge is 0.309 e. The number of hydrogen-bond donors (Lipinski definition) is 0. The zero-order valence-corrected chi connectivity index (χ0v) is 13.6. The van der Waals surface area contributed by atoms with Crippen LogP contribution in [-0.2, 0) is 19.4 Å². The summed E-state index contributed by atoms with van der Waals surface area (Å²) < 4.78 is 29.0. The lowest BCUT2D eigenvalue weighted by molar-refractivity contribution is -0.143. The van der Waals surface area contributed by atoms with E-state index in [-0.39, 0.29) is 17.6 Å². The predicted molar refractivity (Wildman–Crippen MR) is 80.7 cm³/mol. The van der Waals surface area contributed by atoms with Crippen LogP contribution in [0.4, 0.5) is 0 Å². The van der Waals surface area contributed by atoms with Crippen LogP contribution in [-0.4, -0.2) is 33.0 Å². The first-order valence-corrected chi connectivity index (χ1v) is 9.08. The minimum absolute atomic E-state index is 0.136. The Morgan fingerprint density at radius 1 is 1.35 bits per heavy atom. The van der Waals surface area contributed by atoms with Gasteiger partial charge >= 0.3 is 5.97 Å². The van der Waals surface area contributed by atoms with E-state index in [9.17, 15) is 13.2 Å². The van der Waals surface area contributed by atoms with E-state index in [1.807, 2.05) is 6.92 Å². The monoisotopic (exact) mass is 316 g/mol. The lowest BCUT2D eigenvalue weighted by Crippen LogP contribution is -2.15. The Kier molecular flexibility index (Phi) is 6.55. The lowest BCUT2D eigenvalue weighted by Gasteiger charge is -2.12. The second-order valence-corrected chi connectivity index (χ2v) is 7.64. The molecule has 20 heavy (non-hydrogen) atoms. The molecule has 1 rings (SSSR count). The summed E-state index contributed by atoms with van der Waals surface area (Å²) in [5, 5.41) is 0. The third kappa shape index (κ3) is 4.52. The fraction of sp³-hybridized carbons (Fsp3) is 0.500. The number of rotatable bonds is 7. The Labute approximate surface area is 124 Å². The molecule has 0 saturated carbocycles. The van der Waals surface area contributed by atoms with Crippen molar-refractivity contribution in [3.8, 4) is 0 Å². The Morgan fingerprint density at radius 2 is 2.00 bits per heavy atom. The van der Waals surface area contributed by atoms with Crippen LogP contribution < -0.4 is 0 Å². The molecule has 0 amide bonds. The summed E-state index contributed by atoms with van der Waals surface area (Å²) in [6.07, 6.45) is 0.583. The van der Waals surface area contributed by atoms with Crippen LogP contribution in [0, 0.1) is 5.92 Å². The molecule has 1 aromatic carbocycles. The Bertz CT molecular complexity index is 552. The van der Waals surface area contributed by atoms with Crippen LogP contribution in [0.25, 0.3) is 0 Å². The van der Waals surface area contributed by atoms with Gasteiger partial charge in [0.25, 0.3) is 0 Å². The molecule has 6 heteroatoms. The standard InChI is InChI=1S/C14H20O4S2/c1-4-9-20(16,17)13-8-6-5-7-12(13)19-10-11(2)14(15)18-3/h5-8,11H,4,9-10H2,1-3H3. The minimum Gasteiger partial charge on any atom is -0.469 e. The van der Waals surface area contributed by atoms with Crippen molar-refractivity contribution in [3.05, 3.63) is 24.3 Å². The number of thioether (sulfide) groups is 1. The van der Waals surface area contributed by atoms with Crippen molar-refractivity contribution in [2.24, 2.45) is 5.92 Å². The Hall–Kier alpha value is -1.01. The molecule has 0 heterocycles. The summed E-state index contributed by atoms with van der Waals surface area (Å²) in [7, 11) is -1.90. The summed E-state index contributed by atoms with van der Waals surface area (Å²) >= 11 is 1.37. The van der Waals surface area contributed by atoms with E-state index < -0.39 is 9.84 Å². The van der Waals surface area contributed by atoms with E-state index in [4.69, 9.17) is 0 Å². The van der Waals surface area contributed by atoms with Crippen molar-refractivity contribution >= 4 is 27.6 Å². The quantitative estimate of drug-likeness (QED) is 0.572. The average Bonchev–Trinajstić information content (AvgIpc) is 2.44. The highest BCUT2D eigenvalue weighted by Crippen LogP contribution is 2.29. The predicted octanol–water partition coefficient (Wildman–Crippen LogP) is 2.77. The molecule has 4 nitrogen and oxygen atoms in total. The van der Waals surface area contributed by atoms with Crippen molar-refractivity contribution in [1.29, 1.82) is 0 Å². The lowest BCUT2D eigenvalue weighted by atomic mass is 10.2. The summed E-state index contributed by atoms with van der Waals surface area (Å²) in [5.74, 6) is 0.0703. The van der Waals surface area contributed by atoms with Gasteiger partial charge in [-0.25, -0.2) is 8.42 Å². The van der Waals surface area contributed by atoms with Crippen LogP contribution in [0.3, 0.4) is 0 Å². The molecule has 0 radical (unpaired) electrons. The molecule has 112 valence electrons. The number of carbonyl (C=O) groups excluding carboxylic acids is 1. The summed E-state index contributed by atoms with van der Waals surface area (Å²) in [4.78, 5) is 12.4. The zero-order valence-electron chi connectivity index (χ0n) is 12.0. The first-order valence-electron chi connectivity index (χ1n) is 6.44. The van der Waals surface area contributed by atoms with E-state index in [1.165, 1.54) is 18.9 Å². The highest BCUT2D eigenvalue weighted by atomic mass is 32.2. The highest BCUT2D eigenvalue weighted by Gasteiger charge is 2.19. The number of benzene rings is 1. The van der Waals surface area contributed by atoms with E-state index in [1.54, 1.807) is 31.2 Å². The van der Waals surface area contributed by atoms with Crippen molar-refractivity contribution in [2.75, 3.05) is 18.6 Å². The Morgan fingerprint density at radius 3 is 2.60 bits per heavy atom. The molecule has 0 N–H and O–H groups in total. The van der Waals surface area contributed by atoms with Gasteiger partial charge in [-0.3, -0.25) is 4.79 Å². The summed E-state index contributed by atoms with van der Waals surface area (Å²) in [6, 6.07) is 6.92. The maximum atomic E-state index is 12.2. The Balaban J connectivity index is 2.89. The maximum Gasteiger partial charge on any atom is 0.309 e. The molecule has 0 aliphatic carbocycles. The molecular formula is C14H20O4S2. The first-order chi connectivity index (χ1) is 9.42. The largest absolute Gasteiger partial charge is 0.469 e. The van der Waals surface area contributed by atoms with Gasteiger partial charge in [0.2, 0.25) is 0 Å². The van der Waals surface area contributed by atoms with Gasteiger partial charge in [-0.2, -0.15) is 0 Å². The van der Waals surface area contributed by atoms with Gasteiger partial charge < -0.3 is 4.74 Å². The molecule has 1 atom stereocenters. The van der Waals surface area contributed by atoms with Crippen molar-refractivity contribution in [2.45, 2.75) is 30.1 Å². The molecule has 0 fully saturated rings. The third-order valence-corrected chi connectivity index (χ3v) is 6.18. The molecule has 0 saturated heterocycles. The van der Waals surface area contributed by atoms with Gasteiger partial charge in [-0.15, -0.1) is 11.8 Å². The average molecular weight is 316 g/mol. The normalized spacial score (nSPS) is 12.9. The van der Waals surface area contributed by atoms with Crippen LogP contribution in [0.2, 0.25) is 0 Å². The van der Waals surface area contributed by atoms with E-state index in [0.29, 0.717) is 22.0 Å². The molecule has 0 aliphatic heterocycles. The van der Waals surface area contributed by atoms with Gasteiger partial charge in [-0.1, -0.05) is 26.0 Å². The molecule has 0 aromatic heterocycles. The van der Waals surface area contributed by atoms with Crippen molar-refractivity contribution < 1.29 is 17.9 Å². The van der Waals surface area contributed by atoms with E-state index in [2.05, 4.69) is 4.74 Å². The number of carbonyl (C=O) groups is 1. The second-order valence-electron chi connectivity index (χ2n) is 4.50. The number of sulfone groups is 1. The van der Waals surface area contributed by atoms with Crippen LogP contribution in [0.5, 0.6) is 0 Å². The number of hydrogen-bond acceptors (Lipinski definition) is 5. The molecule has 1 aromatic rings. The topological polar surface area (TPSA) is 60.4 Å². The number of methoxy groups -OCH3 is 1. The fourth-order valence-electron chi connectivity index (χ4n) is 1.69. The van der Waals surface area contributed by atoms with Crippen molar-refractivity contribution in [3.63, 3.8) is 0 Å². The fourth-order valence-corrected chi connectivity index (χ4v) is 4.62. The number of ether oxygens (including phenoxy) is 1. The SMILES string of the molecule is CCCS(=O)(=O)c1ccccc1SCC(C)C(=O)OC. The molecule has 0 aliphatic rings. The van der Waals surface area contributed by atoms with Gasteiger partial charge in [0, 0.05) is 10.6 Å². The first kappa shape index (κ1) is 17.0. The van der Waals surface area contributed by atoms with Gasteiger partial charge in [-0.05, 0) is 18.6 Å². The van der Waals surface area contributed by atoms with Crippen LogP contribution >= 0.6 is 11.8 Å². The number of esters is 1. The van der Waals surface area contributed by atoms with Gasteiger partial charge in [0.05, 0.1) is 23.7 Å². The van der Waals surface area contributed by atoms with Crippen LogP contribution in [0.1, 0.15) is 20.3 Å². The van der Waals surface area contributed by atoms with E-state index in [0.717, 1.165) is 0 Å². The van der Waals surface area contributed by atoms with E-state index >= 15 is 0 Å². The van der Waals surface area contributed by atoms with Gasteiger partial charge in [0.15, 0.2) is 9.84 Å². The second kappa shape index (κ2) is 7.69. The molecule has 0 spiro atoms. The summed E-state index contributed by atoms with van der Waals surface area (Å²) in [6.45, 7) is 3.61. The third-order valence-electron chi connectivity index (χ3n) is 2.75. The highest BCUT2D eigenvalue weighted by molar-refractivity contribution is 8.00.